The van der Waals surface area contributed by atoms with Crippen LogP contribution in [0.4, 0.5) is 0 Å². The maximum Gasteiger partial charge on any atom is 0.253 e. The summed E-state index contributed by atoms with van der Waals surface area (Å²) in [6, 6.07) is 15.7. The van der Waals surface area contributed by atoms with E-state index in [1.165, 1.54) is 0 Å². The highest BCUT2D eigenvalue weighted by Crippen LogP contribution is 2.31. The molecule has 0 bridgehead atoms. The Morgan fingerprint density at radius 1 is 1.04 bits per heavy atom. The first-order chi connectivity index (χ1) is 11.3. The Kier molecular flexibility index (Phi) is 6.52. The van der Waals surface area contributed by atoms with Crippen LogP contribution in [-0.2, 0) is 0 Å². The Balaban J connectivity index is 2.23. The lowest BCUT2D eigenvalue weighted by Crippen LogP contribution is -2.43. The van der Waals surface area contributed by atoms with Crippen LogP contribution in [0.3, 0.4) is 0 Å². The van der Waals surface area contributed by atoms with Crippen molar-refractivity contribution < 1.29 is 4.79 Å². The van der Waals surface area contributed by atoms with Crippen molar-refractivity contribution in [2.75, 3.05) is 0 Å². The fraction of sp³-hybridized carbons (Fsp3) is 0.125. The van der Waals surface area contributed by atoms with Crippen molar-refractivity contribution >= 4 is 62.5 Å². The monoisotopic (exact) mass is 447 g/mol. The zero-order valence-corrected chi connectivity index (χ0v) is 16.1. The largest absolute Gasteiger partial charge is 0.383 e. The Hall–Kier alpha value is -1.27. The molecule has 0 aliphatic rings. The average molecular weight is 450 g/mol. The van der Waals surface area contributed by atoms with Gasteiger partial charge in [0, 0.05) is 15.6 Å². The van der Waals surface area contributed by atoms with Gasteiger partial charge in [-0.25, -0.2) is 4.99 Å². The van der Waals surface area contributed by atoms with Crippen LogP contribution in [0.1, 0.15) is 15.9 Å². The highest BCUT2D eigenvalue weighted by molar-refractivity contribution is 9.10. The van der Waals surface area contributed by atoms with Crippen molar-refractivity contribution in [1.82, 2.24) is 5.32 Å². The molecule has 1 amide bonds. The molecule has 2 rings (SSSR count). The molecule has 4 nitrogen and oxygen atoms in total. The number of nitrogens with zero attached hydrogens (tertiary/aromatic N) is 1. The number of alkyl halides is 3. The zero-order chi connectivity index (χ0) is 17.7. The number of carbonyl (C=O) groups is 1. The number of hydrogen-bond donors (Lipinski definition) is 2. The summed E-state index contributed by atoms with van der Waals surface area (Å²) < 4.78 is -1.01. The molecule has 0 saturated heterocycles. The van der Waals surface area contributed by atoms with Gasteiger partial charge in [-0.2, -0.15) is 0 Å². The van der Waals surface area contributed by atoms with E-state index in [4.69, 9.17) is 40.5 Å². The number of rotatable bonds is 4. The van der Waals surface area contributed by atoms with Crippen molar-refractivity contribution in [3.05, 3.63) is 70.2 Å². The molecule has 0 heterocycles. The molecule has 1 unspecified atom stereocenters. The number of aliphatic imine (C=N–C) groups is 1. The van der Waals surface area contributed by atoms with Gasteiger partial charge in [-0.15, -0.1) is 0 Å². The van der Waals surface area contributed by atoms with Crippen LogP contribution < -0.4 is 11.1 Å². The third kappa shape index (κ3) is 5.38. The smallest absolute Gasteiger partial charge is 0.253 e. The number of amidine groups is 1. The molecule has 1 atom stereocenters. The lowest BCUT2D eigenvalue weighted by atomic mass is 10.2. The zero-order valence-electron chi connectivity index (χ0n) is 12.2. The van der Waals surface area contributed by atoms with Crippen molar-refractivity contribution in [3.8, 4) is 0 Å². The molecule has 0 aromatic heterocycles. The van der Waals surface area contributed by atoms with Crippen LogP contribution in [0.25, 0.3) is 0 Å². The number of halogens is 4. The molecule has 2 aromatic rings. The number of hydrogen-bond acceptors (Lipinski definition) is 2. The standard InChI is InChI=1S/C16H13BrCl3N3O/c17-12-8-6-11(7-9-12)14(24)23-15(16(18,19)20)22-13(21)10-4-2-1-3-5-10/h1-9,15H,(H2,21,22)(H,23,24). The van der Waals surface area contributed by atoms with Crippen LogP contribution in [-0.4, -0.2) is 21.7 Å². The lowest BCUT2D eigenvalue weighted by molar-refractivity contribution is 0.0939. The van der Waals surface area contributed by atoms with Gasteiger partial charge in [0.05, 0.1) is 0 Å². The van der Waals surface area contributed by atoms with E-state index in [0.29, 0.717) is 11.1 Å². The minimum Gasteiger partial charge on any atom is -0.383 e. The van der Waals surface area contributed by atoms with Gasteiger partial charge < -0.3 is 11.1 Å². The van der Waals surface area contributed by atoms with Crippen LogP contribution in [0, 0.1) is 0 Å². The molecule has 0 aliphatic heterocycles. The van der Waals surface area contributed by atoms with Gasteiger partial charge in [0.2, 0.25) is 3.79 Å². The summed E-state index contributed by atoms with van der Waals surface area (Å²) in [6.07, 6.45) is -1.14. The Labute approximate surface area is 163 Å². The van der Waals surface area contributed by atoms with Crippen LogP contribution in [0.2, 0.25) is 0 Å². The van der Waals surface area contributed by atoms with E-state index >= 15 is 0 Å². The quantitative estimate of drug-likeness (QED) is 0.416. The van der Waals surface area contributed by atoms with Crippen molar-refractivity contribution in [1.29, 1.82) is 0 Å². The van der Waals surface area contributed by atoms with Gasteiger partial charge in [0.1, 0.15) is 5.84 Å². The second kappa shape index (κ2) is 8.21. The SMILES string of the molecule is N/C(=N\C(NC(=O)c1ccc(Br)cc1)C(Cl)(Cl)Cl)c1ccccc1. The van der Waals surface area contributed by atoms with Gasteiger partial charge in [0.15, 0.2) is 6.17 Å². The molecule has 3 N–H and O–H groups in total. The number of carbonyl (C=O) groups excluding carboxylic acids is 1. The average Bonchev–Trinajstić information content (AvgIpc) is 2.54. The lowest BCUT2D eigenvalue weighted by Gasteiger charge is -2.22. The van der Waals surface area contributed by atoms with Crippen LogP contribution in [0.5, 0.6) is 0 Å². The normalized spacial score (nSPS) is 13.4. The highest BCUT2D eigenvalue weighted by Gasteiger charge is 2.34. The molecule has 2 aromatic carbocycles. The first kappa shape index (κ1) is 19.1. The van der Waals surface area contributed by atoms with Crippen molar-refractivity contribution in [2.24, 2.45) is 10.7 Å². The minimum atomic E-state index is -1.86. The number of nitrogens with two attached hydrogens (primary N) is 1. The molecule has 126 valence electrons. The molecule has 8 heteroatoms. The predicted octanol–water partition coefficient (Wildman–Crippen LogP) is 4.28. The van der Waals surface area contributed by atoms with E-state index in [1.54, 1.807) is 36.4 Å². The Morgan fingerprint density at radius 3 is 2.17 bits per heavy atom. The van der Waals surface area contributed by atoms with E-state index in [-0.39, 0.29) is 5.84 Å². The third-order valence-electron chi connectivity index (χ3n) is 3.02. The van der Waals surface area contributed by atoms with Gasteiger partial charge in [-0.3, -0.25) is 4.79 Å². The number of nitrogens with one attached hydrogen (secondary N) is 1. The van der Waals surface area contributed by atoms with Crippen LogP contribution >= 0.6 is 50.7 Å². The Morgan fingerprint density at radius 2 is 1.62 bits per heavy atom. The van der Waals surface area contributed by atoms with Crippen molar-refractivity contribution in [3.63, 3.8) is 0 Å². The predicted molar refractivity (Wildman–Crippen MR) is 103 cm³/mol. The van der Waals surface area contributed by atoms with E-state index in [1.807, 2.05) is 18.2 Å². The molecular weight excluding hydrogens is 436 g/mol. The molecule has 24 heavy (non-hydrogen) atoms. The molecule has 0 spiro atoms. The van der Waals surface area contributed by atoms with Gasteiger partial charge in [-0.05, 0) is 24.3 Å². The maximum absolute atomic E-state index is 12.3. The summed E-state index contributed by atoms with van der Waals surface area (Å²) in [4.78, 5) is 16.5. The van der Waals surface area contributed by atoms with Gasteiger partial charge in [-0.1, -0.05) is 81.1 Å². The van der Waals surface area contributed by atoms with E-state index in [0.717, 1.165) is 4.47 Å². The summed E-state index contributed by atoms with van der Waals surface area (Å²) in [5.74, 6) is -0.272. The fourth-order valence-corrected chi connectivity index (χ4v) is 2.39. The third-order valence-corrected chi connectivity index (χ3v) is 4.17. The second-order valence-electron chi connectivity index (χ2n) is 4.80. The van der Waals surface area contributed by atoms with E-state index < -0.39 is 15.9 Å². The van der Waals surface area contributed by atoms with E-state index in [2.05, 4.69) is 26.2 Å². The van der Waals surface area contributed by atoms with Gasteiger partial charge in [0.25, 0.3) is 5.91 Å². The topological polar surface area (TPSA) is 67.5 Å². The molecule has 0 aliphatic carbocycles. The highest BCUT2D eigenvalue weighted by atomic mass is 79.9. The van der Waals surface area contributed by atoms with Crippen molar-refractivity contribution in [2.45, 2.75) is 9.96 Å². The summed E-state index contributed by atoms with van der Waals surface area (Å²) >= 11 is 21.1. The molecule has 0 saturated carbocycles. The first-order valence-corrected chi connectivity index (χ1v) is 8.72. The minimum absolute atomic E-state index is 0.156. The maximum atomic E-state index is 12.3. The second-order valence-corrected chi connectivity index (χ2v) is 8.09. The fourth-order valence-electron chi connectivity index (χ4n) is 1.82. The first-order valence-electron chi connectivity index (χ1n) is 6.79. The summed E-state index contributed by atoms with van der Waals surface area (Å²) in [5.41, 5.74) is 7.01. The summed E-state index contributed by atoms with van der Waals surface area (Å²) in [5, 5.41) is 2.58. The van der Waals surface area contributed by atoms with Crippen LogP contribution in [0.15, 0.2) is 64.1 Å². The Bertz CT molecular complexity index is 730. The molecule has 0 radical (unpaired) electrons. The summed E-state index contributed by atoms with van der Waals surface area (Å²) in [6.45, 7) is 0. The number of benzene rings is 2. The molecule has 0 fully saturated rings. The summed E-state index contributed by atoms with van der Waals surface area (Å²) in [7, 11) is 0. The molecular formula is C16H13BrCl3N3O. The van der Waals surface area contributed by atoms with E-state index in [9.17, 15) is 4.79 Å². The van der Waals surface area contributed by atoms with Gasteiger partial charge >= 0.3 is 0 Å². The number of amides is 1.